The lowest BCUT2D eigenvalue weighted by atomic mass is 9.95. The van der Waals surface area contributed by atoms with Crippen LogP contribution in [0.5, 0.6) is 0 Å². The molecule has 0 spiro atoms. The average Bonchev–Trinajstić information content (AvgIpc) is 3.87. The second-order valence-electron chi connectivity index (χ2n) is 15.8. The summed E-state index contributed by atoms with van der Waals surface area (Å²) in [6, 6.07) is 59.2. The van der Waals surface area contributed by atoms with E-state index in [0.717, 1.165) is 12.8 Å². The molecule has 2 heterocycles. The Morgan fingerprint density at radius 1 is 0.429 bits per heavy atom. The molecule has 56 heavy (non-hydrogen) atoms. The summed E-state index contributed by atoms with van der Waals surface area (Å²) in [4.78, 5) is 0. The van der Waals surface area contributed by atoms with E-state index in [2.05, 4.69) is 193 Å². The molecule has 2 aromatic heterocycles. The Bertz CT molecular complexity index is 3290. The maximum atomic E-state index is 2.57. The summed E-state index contributed by atoms with van der Waals surface area (Å²) in [6.07, 6.45) is 6.78. The molecule has 2 aliphatic carbocycles. The van der Waals surface area contributed by atoms with E-state index in [-0.39, 0.29) is 0 Å². The fraction of sp³-hybridized carbons (Fsp3) is 0.0741. The molecule has 0 unspecified atom stereocenters. The zero-order valence-electron chi connectivity index (χ0n) is 31.5. The highest BCUT2D eigenvalue weighted by Gasteiger charge is 2.26. The first-order valence-corrected chi connectivity index (χ1v) is 19.8. The third-order valence-electron chi connectivity index (χ3n) is 12.4. The first-order chi connectivity index (χ1) is 27.6. The predicted octanol–water partition coefficient (Wildman–Crippen LogP) is 14.4. The number of hydrogen-bond donors (Lipinski definition) is 0. The summed E-state index contributed by atoms with van der Waals surface area (Å²) in [5, 5.41) is 6.53. The third kappa shape index (κ3) is 4.50. The molecular formula is C54H38N2. The van der Waals surface area contributed by atoms with Crippen LogP contribution >= 0.6 is 0 Å². The van der Waals surface area contributed by atoms with Gasteiger partial charge in [0.1, 0.15) is 0 Å². The fourth-order valence-corrected chi connectivity index (χ4v) is 10.0. The van der Waals surface area contributed by atoms with Gasteiger partial charge in [0.25, 0.3) is 0 Å². The van der Waals surface area contributed by atoms with Crippen LogP contribution in [-0.2, 0) is 6.42 Å². The SMILES string of the molecule is Cc1cc(C)cc(-c2ccc3c(c2)-c2cccc4c(-n5c6c(c7cc(-c8ccc9c(c8)c8ccccc8n9-c8ccccc8)ccc75)C=CCC6)ccc-3c24)c1. The number of para-hydroxylation sites is 2. The molecule has 10 aromatic rings. The second kappa shape index (κ2) is 11.8. The van der Waals surface area contributed by atoms with Gasteiger partial charge >= 0.3 is 0 Å². The Morgan fingerprint density at radius 2 is 1.09 bits per heavy atom. The lowest BCUT2D eigenvalue weighted by Gasteiger charge is -2.16. The van der Waals surface area contributed by atoms with Gasteiger partial charge in [0.05, 0.1) is 22.2 Å². The van der Waals surface area contributed by atoms with Crippen LogP contribution in [0.3, 0.4) is 0 Å². The van der Waals surface area contributed by atoms with Crippen LogP contribution in [0.4, 0.5) is 0 Å². The van der Waals surface area contributed by atoms with Crippen molar-refractivity contribution in [3.8, 4) is 55.9 Å². The van der Waals surface area contributed by atoms with E-state index in [9.17, 15) is 0 Å². The van der Waals surface area contributed by atoms with Gasteiger partial charge in [-0.25, -0.2) is 0 Å². The van der Waals surface area contributed by atoms with Gasteiger partial charge in [0.2, 0.25) is 0 Å². The molecular weight excluding hydrogens is 677 g/mol. The molecule has 0 aliphatic heterocycles. The normalized spacial score (nSPS) is 13.0. The van der Waals surface area contributed by atoms with E-state index in [1.165, 1.54) is 122 Å². The molecule has 0 amide bonds. The highest BCUT2D eigenvalue weighted by Crippen LogP contribution is 2.50. The van der Waals surface area contributed by atoms with Crippen molar-refractivity contribution in [2.45, 2.75) is 26.7 Å². The van der Waals surface area contributed by atoms with Gasteiger partial charge in [0, 0.05) is 38.5 Å². The van der Waals surface area contributed by atoms with Gasteiger partial charge in [0.15, 0.2) is 0 Å². The van der Waals surface area contributed by atoms with Crippen molar-refractivity contribution in [2.24, 2.45) is 0 Å². The molecule has 0 fully saturated rings. The lowest BCUT2D eigenvalue weighted by molar-refractivity contribution is 0.892. The fourth-order valence-electron chi connectivity index (χ4n) is 10.0. The van der Waals surface area contributed by atoms with Crippen molar-refractivity contribution in [2.75, 3.05) is 0 Å². The zero-order valence-corrected chi connectivity index (χ0v) is 31.5. The lowest BCUT2D eigenvalue weighted by Crippen LogP contribution is -2.03. The summed E-state index contributed by atoms with van der Waals surface area (Å²) in [6.45, 7) is 4.38. The first-order valence-electron chi connectivity index (χ1n) is 19.8. The highest BCUT2D eigenvalue weighted by molar-refractivity contribution is 6.18. The molecule has 12 rings (SSSR count). The second-order valence-corrected chi connectivity index (χ2v) is 15.8. The highest BCUT2D eigenvalue weighted by atomic mass is 15.0. The average molecular weight is 715 g/mol. The quantitative estimate of drug-likeness (QED) is 0.172. The minimum atomic E-state index is 1.02. The van der Waals surface area contributed by atoms with Crippen molar-refractivity contribution < 1.29 is 0 Å². The molecule has 2 heteroatoms. The Morgan fingerprint density at radius 3 is 1.93 bits per heavy atom. The number of fused-ring (bicyclic) bond motifs is 9. The van der Waals surface area contributed by atoms with Crippen LogP contribution < -0.4 is 0 Å². The maximum absolute atomic E-state index is 2.57. The molecule has 8 aromatic carbocycles. The van der Waals surface area contributed by atoms with Crippen LogP contribution in [0.15, 0.2) is 164 Å². The van der Waals surface area contributed by atoms with E-state index in [1.54, 1.807) is 0 Å². The topological polar surface area (TPSA) is 9.86 Å². The largest absolute Gasteiger partial charge is 0.312 e. The Hall–Kier alpha value is -6.90. The number of nitrogens with zero attached hydrogens (tertiary/aromatic N) is 2. The Labute approximate surface area is 326 Å². The van der Waals surface area contributed by atoms with Gasteiger partial charge in [-0.05, 0) is 131 Å². The molecule has 0 saturated carbocycles. The molecule has 0 bridgehead atoms. The van der Waals surface area contributed by atoms with Crippen molar-refractivity contribution in [3.63, 3.8) is 0 Å². The summed E-state index contributed by atoms with van der Waals surface area (Å²) in [7, 11) is 0. The molecule has 2 nitrogen and oxygen atoms in total. The van der Waals surface area contributed by atoms with Gasteiger partial charge in [-0.1, -0.05) is 126 Å². The van der Waals surface area contributed by atoms with Crippen LogP contribution in [0.1, 0.15) is 28.8 Å². The number of rotatable bonds is 4. The minimum Gasteiger partial charge on any atom is -0.312 e. The van der Waals surface area contributed by atoms with Crippen LogP contribution in [0.25, 0.3) is 105 Å². The first kappa shape index (κ1) is 31.5. The van der Waals surface area contributed by atoms with E-state index < -0.39 is 0 Å². The van der Waals surface area contributed by atoms with Crippen LogP contribution in [-0.4, -0.2) is 9.13 Å². The molecule has 0 saturated heterocycles. The van der Waals surface area contributed by atoms with Crippen molar-refractivity contribution >= 4 is 49.6 Å². The van der Waals surface area contributed by atoms with E-state index in [0.29, 0.717) is 0 Å². The van der Waals surface area contributed by atoms with E-state index >= 15 is 0 Å². The van der Waals surface area contributed by atoms with Crippen molar-refractivity contribution in [3.05, 3.63) is 186 Å². The standard InChI is InChI=1S/C54H38N2/c1-33-27-34(2)29-38(28-33)37-19-22-40-44-23-26-51(45-16-10-15-43(54(44)45)46(40)30-37)56-50-18-9-7-14-42(50)48-32-36(21-25-53(48)56)35-20-24-52-47(31-35)41-13-6-8-17-49(41)55(52)39-11-4-3-5-12-39/h3-8,10-17,19-32H,9,18H2,1-2H3. The molecule has 0 radical (unpaired) electrons. The maximum Gasteiger partial charge on any atom is 0.0541 e. The number of hydrogen-bond acceptors (Lipinski definition) is 0. The molecule has 0 N–H and O–H groups in total. The van der Waals surface area contributed by atoms with Crippen LogP contribution in [0, 0.1) is 13.8 Å². The summed E-state index contributed by atoms with van der Waals surface area (Å²) in [5.41, 5.74) is 21.9. The van der Waals surface area contributed by atoms with Crippen molar-refractivity contribution in [1.82, 2.24) is 9.13 Å². The summed E-state index contributed by atoms with van der Waals surface area (Å²) >= 11 is 0. The zero-order chi connectivity index (χ0) is 37.1. The van der Waals surface area contributed by atoms with Gasteiger partial charge in [-0.3, -0.25) is 0 Å². The minimum absolute atomic E-state index is 1.02. The number of allylic oxidation sites excluding steroid dienone is 1. The summed E-state index contributed by atoms with van der Waals surface area (Å²) < 4.78 is 4.96. The van der Waals surface area contributed by atoms with Crippen molar-refractivity contribution in [1.29, 1.82) is 0 Å². The predicted molar refractivity (Wildman–Crippen MR) is 237 cm³/mol. The van der Waals surface area contributed by atoms with Gasteiger partial charge in [-0.2, -0.15) is 0 Å². The summed E-state index contributed by atoms with van der Waals surface area (Å²) in [5.74, 6) is 0. The van der Waals surface area contributed by atoms with E-state index in [4.69, 9.17) is 0 Å². The third-order valence-corrected chi connectivity index (χ3v) is 12.4. The molecule has 2 aliphatic rings. The van der Waals surface area contributed by atoms with Crippen LogP contribution in [0.2, 0.25) is 0 Å². The number of benzene rings is 8. The Balaban J connectivity index is 1.01. The monoisotopic (exact) mass is 714 g/mol. The molecule has 0 atom stereocenters. The van der Waals surface area contributed by atoms with E-state index in [1.807, 2.05) is 0 Å². The van der Waals surface area contributed by atoms with Gasteiger partial charge in [-0.15, -0.1) is 0 Å². The smallest absolute Gasteiger partial charge is 0.0541 e. The van der Waals surface area contributed by atoms with Gasteiger partial charge < -0.3 is 9.13 Å². The molecule has 264 valence electrons. The number of aryl methyl sites for hydroxylation is 2. The Kier molecular flexibility index (Phi) is 6.63. The number of aromatic nitrogens is 2.